The molecule has 0 radical (unpaired) electrons. The number of hydrogen-bond acceptors (Lipinski definition) is 4. The molecule has 6 nitrogen and oxygen atoms in total. The molecule has 0 spiro atoms. The maximum Gasteiger partial charge on any atom is 0.269 e. The molecule has 23 heavy (non-hydrogen) atoms. The third-order valence-electron chi connectivity index (χ3n) is 4.28. The number of rotatable bonds is 3. The second-order valence-corrected chi connectivity index (χ2v) is 5.60. The van der Waals surface area contributed by atoms with Crippen LogP contribution in [0.15, 0.2) is 48.5 Å². The molecule has 0 fully saturated rings. The Labute approximate surface area is 133 Å². The van der Waals surface area contributed by atoms with E-state index in [9.17, 15) is 14.9 Å². The number of nitro benzene ring substituents is 1. The molecule has 0 bridgehead atoms. The minimum Gasteiger partial charge on any atom is -0.358 e. The molecule has 0 aromatic heterocycles. The van der Waals surface area contributed by atoms with Crippen LogP contribution in [0.2, 0.25) is 0 Å². The summed E-state index contributed by atoms with van der Waals surface area (Å²) in [5.74, 6) is -0.0531. The van der Waals surface area contributed by atoms with Crippen molar-refractivity contribution >= 4 is 17.3 Å². The van der Waals surface area contributed by atoms with E-state index in [0.29, 0.717) is 12.1 Å². The molecular formula is C17H17N3O3. The van der Waals surface area contributed by atoms with E-state index in [4.69, 9.17) is 0 Å². The van der Waals surface area contributed by atoms with Gasteiger partial charge in [0.15, 0.2) is 0 Å². The van der Waals surface area contributed by atoms with Crippen molar-refractivity contribution in [1.82, 2.24) is 4.90 Å². The van der Waals surface area contributed by atoms with Crippen LogP contribution in [-0.4, -0.2) is 22.3 Å². The number of amides is 1. The molecule has 118 valence electrons. The molecule has 1 aliphatic rings. The predicted octanol–water partition coefficient (Wildman–Crippen LogP) is 3.36. The van der Waals surface area contributed by atoms with Gasteiger partial charge in [0.05, 0.1) is 10.5 Å². The van der Waals surface area contributed by atoms with Gasteiger partial charge in [-0.3, -0.25) is 14.9 Å². The summed E-state index contributed by atoms with van der Waals surface area (Å²) in [6.07, 6.45) is 0. The van der Waals surface area contributed by atoms with Crippen LogP contribution in [0.4, 0.5) is 11.4 Å². The summed E-state index contributed by atoms with van der Waals surface area (Å²) in [4.78, 5) is 24.9. The van der Waals surface area contributed by atoms with E-state index >= 15 is 0 Å². The van der Waals surface area contributed by atoms with Crippen molar-refractivity contribution in [2.24, 2.45) is 0 Å². The normalized spacial score (nSPS) is 19.9. The number of non-ortho nitro benzene ring substituents is 1. The lowest BCUT2D eigenvalue weighted by Gasteiger charge is -2.46. The fourth-order valence-corrected chi connectivity index (χ4v) is 3.05. The van der Waals surface area contributed by atoms with E-state index in [-0.39, 0.29) is 11.6 Å². The van der Waals surface area contributed by atoms with Gasteiger partial charge in [-0.1, -0.05) is 12.1 Å². The molecule has 0 saturated carbocycles. The Morgan fingerprint density at radius 1 is 1.17 bits per heavy atom. The van der Waals surface area contributed by atoms with Crippen LogP contribution in [0.3, 0.4) is 0 Å². The lowest BCUT2D eigenvalue weighted by atomic mass is 9.93. The third-order valence-corrected chi connectivity index (χ3v) is 4.28. The Balaban J connectivity index is 2.09. The Morgan fingerprint density at radius 3 is 2.43 bits per heavy atom. The number of nitrogens with zero attached hydrogens (tertiary/aromatic N) is 2. The monoisotopic (exact) mass is 311 g/mol. The Hall–Kier alpha value is -2.89. The summed E-state index contributed by atoms with van der Waals surface area (Å²) >= 11 is 0. The van der Waals surface area contributed by atoms with Crippen molar-refractivity contribution in [3.63, 3.8) is 0 Å². The highest BCUT2D eigenvalue weighted by atomic mass is 16.6. The van der Waals surface area contributed by atoms with Gasteiger partial charge >= 0.3 is 0 Å². The number of fused-ring (bicyclic) bond motifs is 1. The van der Waals surface area contributed by atoms with E-state index in [1.165, 1.54) is 12.1 Å². The number of carbonyl (C=O) groups is 1. The fourth-order valence-electron chi connectivity index (χ4n) is 3.05. The van der Waals surface area contributed by atoms with Crippen LogP contribution in [0.25, 0.3) is 0 Å². The number of carbonyl (C=O) groups excluding carboxylic acids is 1. The number of hydrogen-bond donors (Lipinski definition) is 1. The summed E-state index contributed by atoms with van der Waals surface area (Å²) in [7, 11) is 0. The maximum atomic E-state index is 12.8. The molecule has 6 heteroatoms. The largest absolute Gasteiger partial charge is 0.358 e. The van der Waals surface area contributed by atoms with Crippen molar-refractivity contribution in [1.29, 1.82) is 0 Å². The highest BCUT2D eigenvalue weighted by molar-refractivity contribution is 6.02. The first-order chi connectivity index (χ1) is 11.0. The molecule has 1 amide bonds. The highest BCUT2D eigenvalue weighted by Crippen LogP contribution is 2.37. The minimum atomic E-state index is -0.755. The van der Waals surface area contributed by atoms with Gasteiger partial charge in [0, 0.05) is 24.4 Å². The molecular weight excluding hydrogens is 294 g/mol. The summed E-state index contributed by atoms with van der Waals surface area (Å²) in [5.41, 5.74) is 1.47. The van der Waals surface area contributed by atoms with Gasteiger partial charge in [-0.2, -0.15) is 0 Å². The average Bonchev–Trinajstić information content (AvgIpc) is 2.55. The number of nitro groups is 1. The lowest BCUT2D eigenvalue weighted by molar-refractivity contribution is -0.384. The van der Waals surface area contributed by atoms with Gasteiger partial charge < -0.3 is 10.2 Å². The van der Waals surface area contributed by atoms with Gasteiger partial charge in [-0.25, -0.2) is 0 Å². The zero-order valence-electron chi connectivity index (χ0n) is 12.9. The molecule has 1 atom stereocenters. The Bertz CT molecular complexity index is 773. The molecule has 0 aliphatic carbocycles. The lowest BCUT2D eigenvalue weighted by Crippen LogP contribution is -2.55. The van der Waals surface area contributed by atoms with Crippen molar-refractivity contribution in [2.45, 2.75) is 19.5 Å². The smallest absolute Gasteiger partial charge is 0.269 e. The summed E-state index contributed by atoms with van der Waals surface area (Å²) in [6, 6.07) is 13.7. The van der Waals surface area contributed by atoms with Gasteiger partial charge in [0.1, 0.15) is 5.66 Å². The standard InChI is InChI=1S/C17H17N3O3/c1-3-19-16(21)14-6-4-5-7-15(14)18-17(19,2)12-8-10-13(11-9-12)20(22)23/h4-11,18H,3H2,1-2H3. The molecule has 1 N–H and O–H groups in total. The third kappa shape index (κ3) is 2.32. The van der Waals surface area contributed by atoms with E-state index < -0.39 is 10.6 Å². The molecule has 1 heterocycles. The maximum absolute atomic E-state index is 12.8. The zero-order chi connectivity index (χ0) is 16.6. The number of anilines is 1. The van der Waals surface area contributed by atoms with Crippen LogP contribution >= 0.6 is 0 Å². The van der Waals surface area contributed by atoms with Crippen molar-refractivity contribution in [3.8, 4) is 0 Å². The van der Waals surface area contributed by atoms with E-state index in [2.05, 4.69) is 5.32 Å². The van der Waals surface area contributed by atoms with Gasteiger partial charge in [-0.15, -0.1) is 0 Å². The summed E-state index contributed by atoms with van der Waals surface area (Å²) < 4.78 is 0. The Kier molecular flexibility index (Phi) is 3.52. The fraction of sp³-hybridized carbons (Fsp3) is 0.235. The average molecular weight is 311 g/mol. The number of benzene rings is 2. The van der Waals surface area contributed by atoms with Gasteiger partial charge in [0.2, 0.25) is 0 Å². The molecule has 0 saturated heterocycles. The van der Waals surface area contributed by atoms with Crippen molar-refractivity contribution in [3.05, 3.63) is 69.8 Å². The highest BCUT2D eigenvalue weighted by Gasteiger charge is 2.41. The topological polar surface area (TPSA) is 75.5 Å². The first-order valence-electron chi connectivity index (χ1n) is 7.41. The summed E-state index contributed by atoms with van der Waals surface area (Å²) in [5, 5.41) is 14.2. The SMILES string of the molecule is CCN1C(=O)c2ccccc2NC1(C)c1ccc([N+](=O)[O-])cc1. The second-order valence-electron chi connectivity index (χ2n) is 5.60. The quantitative estimate of drug-likeness (QED) is 0.696. The molecule has 1 aliphatic heterocycles. The van der Waals surface area contributed by atoms with Gasteiger partial charge in [-0.05, 0) is 43.7 Å². The molecule has 3 rings (SSSR count). The first kappa shape index (κ1) is 15.0. The number of para-hydroxylation sites is 1. The van der Waals surface area contributed by atoms with Crippen LogP contribution in [0.5, 0.6) is 0 Å². The van der Waals surface area contributed by atoms with Crippen LogP contribution in [0.1, 0.15) is 29.8 Å². The first-order valence-corrected chi connectivity index (χ1v) is 7.41. The van der Waals surface area contributed by atoms with Crippen LogP contribution in [-0.2, 0) is 5.66 Å². The molecule has 2 aromatic carbocycles. The molecule has 1 unspecified atom stereocenters. The van der Waals surface area contributed by atoms with Crippen LogP contribution < -0.4 is 5.32 Å². The Morgan fingerprint density at radius 2 is 1.83 bits per heavy atom. The van der Waals surface area contributed by atoms with Gasteiger partial charge in [0.25, 0.3) is 11.6 Å². The zero-order valence-corrected chi connectivity index (χ0v) is 12.9. The van der Waals surface area contributed by atoms with E-state index in [0.717, 1.165) is 11.3 Å². The summed E-state index contributed by atoms with van der Waals surface area (Å²) in [6.45, 7) is 4.34. The van der Waals surface area contributed by atoms with Crippen LogP contribution in [0, 0.1) is 10.1 Å². The second kappa shape index (κ2) is 5.39. The van der Waals surface area contributed by atoms with Crippen molar-refractivity contribution in [2.75, 3.05) is 11.9 Å². The molecule has 2 aromatic rings. The van der Waals surface area contributed by atoms with Crippen molar-refractivity contribution < 1.29 is 9.72 Å². The van der Waals surface area contributed by atoms with E-state index in [1.807, 2.05) is 32.0 Å². The predicted molar refractivity (Wildman–Crippen MR) is 87.2 cm³/mol. The minimum absolute atomic E-state index is 0.0305. The van der Waals surface area contributed by atoms with E-state index in [1.54, 1.807) is 23.1 Å². The number of nitrogens with one attached hydrogen (secondary N) is 1.